The van der Waals surface area contributed by atoms with Crippen LogP contribution < -0.4 is 16.0 Å². The van der Waals surface area contributed by atoms with Crippen LogP contribution in [-0.2, 0) is 6.42 Å². The lowest BCUT2D eigenvalue weighted by Crippen LogP contribution is -2.37. The third kappa shape index (κ3) is 5.19. The molecule has 5 aromatic rings. The predicted molar refractivity (Wildman–Crippen MR) is 167 cm³/mol. The van der Waals surface area contributed by atoms with Gasteiger partial charge in [0, 0.05) is 55.5 Å². The van der Waals surface area contributed by atoms with Crippen LogP contribution in [0.15, 0.2) is 64.2 Å². The number of aryl methyl sites for hydroxylation is 1. The molecule has 2 aromatic heterocycles. The number of rotatable bonds is 5. The van der Waals surface area contributed by atoms with Gasteiger partial charge in [-0.25, -0.2) is 18.7 Å². The van der Waals surface area contributed by atoms with E-state index in [1.54, 1.807) is 6.92 Å². The smallest absolute Gasteiger partial charge is 0.259 e. The van der Waals surface area contributed by atoms with Gasteiger partial charge in [0.25, 0.3) is 11.1 Å². The van der Waals surface area contributed by atoms with Crippen LogP contribution in [0.25, 0.3) is 33.7 Å². The number of aromatic nitrogens is 4. The molecule has 8 rings (SSSR count). The molecular formula is C34H32F2N6O2. The second kappa shape index (κ2) is 11.1. The second-order valence-corrected chi connectivity index (χ2v) is 11.9. The van der Waals surface area contributed by atoms with E-state index in [1.165, 1.54) is 12.1 Å². The van der Waals surface area contributed by atoms with Gasteiger partial charge in [-0.2, -0.15) is 0 Å². The van der Waals surface area contributed by atoms with Gasteiger partial charge in [-0.3, -0.25) is 9.59 Å². The maximum atomic E-state index is 14.5. The molecule has 3 aliphatic rings. The van der Waals surface area contributed by atoms with E-state index in [0.29, 0.717) is 34.0 Å². The Balaban J connectivity index is 1.22. The van der Waals surface area contributed by atoms with E-state index >= 15 is 0 Å². The van der Waals surface area contributed by atoms with Crippen LogP contribution >= 0.6 is 0 Å². The minimum Gasteiger partial charge on any atom is -0.367 e. The highest BCUT2D eigenvalue weighted by Gasteiger charge is 2.29. The Morgan fingerprint density at radius 3 is 2.48 bits per heavy atom. The van der Waals surface area contributed by atoms with Crippen LogP contribution in [0.5, 0.6) is 0 Å². The monoisotopic (exact) mass is 594 g/mol. The van der Waals surface area contributed by atoms with Crippen molar-refractivity contribution in [2.45, 2.75) is 39.2 Å². The summed E-state index contributed by atoms with van der Waals surface area (Å²) in [4.78, 5) is 45.9. The molecule has 5 heterocycles. The Morgan fingerprint density at radius 1 is 0.864 bits per heavy atom. The molecule has 3 aromatic carbocycles. The quantitative estimate of drug-likeness (QED) is 0.294. The number of fused-ring (bicyclic) bond motifs is 5. The zero-order chi connectivity index (χ0) is 30.5. The van der Waals surface area contributed by atoms with Crippen LogP contribution in [-0.4, -0.2) is 57.1 Å². The normalized spacial score (nSPS) is 18.1. The number of hydrogen-bond donors (Lipinski definition) is 2. The van der Waals surface area contributed by atoms with E-state index in [2.05, 4.69) is 30.8 Å². The van der Waals surface area contributed by atoms with E-state index in [4.69, 9.17) is 4.98 Å². The Bertz CT molecular complexity index is 2030. The number of aromatic amines is 2. The highest BCUT2D eigenvalue weighted by Crippen LogP contribution is 2.29. The molecule has 44 heavy (non-hydrogen) atoms. The van der Waals surface area contributed by atoms with E-state index in [9.17, 15) is 18.4 Å². The van der Waals surface area contributed by atoms with Crippen LogP contribution in [0.1, 0.15) is 35.2 Å². The maximum absolute atomic E-state index is 14.5. The minimum absolute atomic E-state index is 0.0363. The molecule has 10 heteroatoms. The first kappa shape index (κ1) is 28.1. The lowest BCUT2D eigenvalue weighted by Gasteiger charge is -2.33. The number of benzene rings is 3. The van der Waals surface area contributed by atoms with Gasteiger partial charge in [-0.1, -0.05) is 17.7 Å². The van der Waals surface area contributed by atoms with Crippen molar-refractivity contribution in [1.82, 2.24) is 24.8 Å². The molecule has 8 nitrogen and oxygen atoms in total. The summed E-state index contributed by atoms with van der Waals surface area (Å²) in [6.07, 6.45) is 2.54. The zero-order valence-corrected chi connectivity index (χ0v) is 24.6. The molecule has 3 saturated heterocycles. The number of anilines is 1. The summed E-state index contributed by atoms with van der Waals surface area (Å²) in [5.41, 5.74) is 4.24. The highest BCUT2D eigenvalue weighted by molar-refractivity contribution is 5.83. The van der Waals surface area contributed by atoms with Crippen molar-refractivity contribution >= 4 is 16.6 Å². The Kier molecular flexibility index (Phi) is 7.08. The lowest BCUT2D eigenvalue weighted by molar-refractivity contribution is 0.250. The first-order valence-corrected chi connectivity index (χ1v) is 14.9. The van der Waals surface area contributed by atoms with E-state index in [1.807, 2.05) is 37.3 Å². The van der Waals surface area contributed by atoms with Crippen molar-refractivity contribution in [3.05, 3.63) is 109 Å². The maximum Gasteiger partial charge on any atom is 0.259 e. The fraction of sp³-hybridized carbons (Fsp3) is 0.294. The molecule has 0 spiro atoms. The van der Waals surface area contributed by atoms with Gasteiger partial charge < -0.3 is 19.8 Å². The molecule has 2 bridgehead atoms. The van der Waals surface area contributed by atoms with Gasteiger partial charge in [-0.05, 0) is 74.7 Å². The number of H-pyrrole nitrogens is 2. The topological polar surface area (TPSA) is 98.0 Å². The number of nitrogens with one attached hydrogen (secondary N) is 2. The van der Waals surface area contributed by atoms with E-state index < -0.39 is 17.2 Å². The van der Waals surface area contributed by atoms with Crippen LogP contribution in [0, 0.1) is 25.5 Å². The van der Waals surface area contributed by atoms with Crippen molar-refractivity contribution in [2.24, 2.45) is 0 Å². The molecule has 0 aliphatic carbocycles. The summed E-state index contributed by atoms with van der Waals surface area (Å²) < 4.78 is 28.4. The average Bonchev–Trinajstić information content (AvgIpc) is 3.34. The fourth-order valence-electron chi connectivity index (χ4n) is 6.53. The van der Waals surface area contributed by atoms with Crippen molar-refractivity contribution in [3.8, 4) is 22.8 Å². The number of piperidine rings is 1. The van der Waals surface area contributed by atoms with Crippen LogP contribution in [0.4, 0.5) is 14.5 Å². The summed E-state index contributed by atoms with van der Waals surface area (Å²) in [6.45, 7) is 7.83. The second-order valence-electron chi connectivity index (χ2n) is 11.9. The molecule has 3 fully saturated rings. The van der Waals surface area contributed by atoms with Gasteiger partial charge >= 0.3 is 0 Å². The third-order valence-electron chi connectivity index (χ3n) is 8.92. The van der Waals surface area contributed by atoms with Crippen molar-refractivity contribution < 1.29 is 8.78 Å². The van der Waals surface area contributed by atoms with E-state index in [0.717, 1.165) is 67.5 Å². The van der Waals surface area contributed by atoms with E-state index in [-0.39, 0.29) is 23.4 Å². The number of nitrogens with zero attached hydrogens (tertiary/aromatic N) is 4. The zero-order valence-electron chi connectivity index (χ0n) is 24.6. The lowest BCUT2D eigenvalue weighted by atomic mass is 10.0. The Labute approximate surface area is 252 Å². The van der Waals surface area contributed by atoms with Crippen LogP contribution in [0.3, 0.4) is 0 Å². The van der Waals surface area contributed by atoms with Crippen LogP contribution in [0.2, 0.25) is 0 Å². The van der Waals surface area contributed by atoms with Gasteiger partial charge in [0.15, 0.2) is 11.6 Å². The number of hydrogen-bond acceptors (Lipinski definition) is 6. The molecular weight excluding hydrogens is 562 g/mol. The summed E-state index contributed by atoms with van der Waals surface area (Å²) in [7, 11) is 0. The SMILES string of the molecule is Cc1cc(Cc2nc(-c3cccc(F)c3F)[nH]c(=O)c2C)cc(-c2nc3ccc(N4CCN5CCC4CC5)cc3c(=O)[nH]2)c1. The van der Waals surface area contributed by atoms with Crippen molar-refractivity contribution in [3.63, 3.8) is 0 Å². The molecule has 2 N–H and O–H groups in total. The fourth-order valence-corrected chi connectivity index (χ4v) is 6.53. The van der Waals surface area contributed by atoms with Crippen molar-refractivity contribution in [1.29, 1.82) is 0 Å². The molecule has 0 radical (unpaired) electrons. The molecule has 0 amide bonds. The summed E-state index contributed by atoms with van der Waals surface area (Å²) in [5, 5.41) is 0.554. The average molecular weight is 595 g/mol. The molecule has 3 aliphatic heterocycles. The highest BCUT2D eigenvalue weighted by atomic mass is 19.2. The first-order valence-electron chi connectivity index (χ1n) is 14.9. The molecule has 0 atom stereocenters. The summed E-state index contributed by atoms with van der Waals surface area (Å²) in [6, 6.07) is 16.0. The first-order chi connectivity index (χ1) is 21.2. The summed E-state index contributed by atoms with van der Waals surface area (Å²) in [5.74, 6) is -1.68. The molecule has 0 saturated carbocycles. The van der Waals surface area contributed by atoms with Gasteiger partial charge in [-0.15, -0.1) is 0 Å². The van der Waals surface area contributed by atoms with Gasteiger partial charge in [0.1, 0.15) is 11.6 Å². The third-order valence-corrected chi connectivity index (χ3v) is 8.92. The van der Waals surface area contributed by atoms with Crippen molar-refractivity contribution in [2.75, 3.05) is 31.1 Å². The largest absolute Gasteiger partial charge is 0.367 e. The summed E-state index contributed by atoms with van der Waals surface area (Å²) >= 11 is 0. The van der Waals surface area contributed by atoms with Gasteiger partial charge in [0.2, 0.25) is 0 Å². The molecule has 0 unspecified atom stereocenters. The standard InChI is InChI=1S/C34H32F2N6O2/c1-19-14-21(17-29-20(2)33(43)40-32(38-29)25-4-3-5-27(35)30(25)36)16-22(15-19)31-37-28-7-6-24(18-26(28)34(44)39-31)42-13-12-41-10-8-23(42)9-11-41/h3-7,14-16,18,23H,8-13,17H2,1-2H3,(H,37,39,44)(H,38,40,43). The molecule has 224 valence electrons. The Hall–Kier alpha value is -4.70. The Morgan fingerprint density at radius 2 is 1.66 bits per heavy atom. The number of halogens is 2. The minimum atomic E-state index is -1.07. The van der Waals surface area contributed by atoms with Gasteiger partial charge in [0.05, 0.1) is 22.2 Å². The predicted octanol–water partition coefficient (Wildman–Crippen LogP) is 5.11.